The Morgan fingerprint density at radius 1 is 1.02 bits per heavy atom. The highest BCUT2D eigenvalue weighted by Crippen LogP contribution is 2.42. The van der Waals surface area contributed by atoms with Gasteiger partial charge in [-0.1, -0.05) is 42.5 Å². The fourth-order valence-electron chi connectivity index (χ4n) is 4.51. The summed E-state index contributed by atoms with van der Waals surface area (Å²) in [6.45, 7) is 0.0636. The predicted octanol–water partition coefficient (Wildman–Crippen LogP) is 4.73. The van der Waals surface area contributed by atoms with Crippen LogP contribution in [0.5, 0.6) is 0 Å². The summed E-state index contributed by atoms with van der Waals surface area (Å²) in [4.78, 5) is 45.1. The number of carbonyl (C=O) groups excluding carboxylic acids is 3. The molecule has 2 aromatic carbocycles. The Hall–Kier alpha value is -4.42. The van der Waals surface area contributed by atoms with Gasteiger partial charge in [-0.05, 0) is 36.1 Å². The van der Waals surface area contributed by atoms with E-state index >= 15 is 0 Å². The fraction of sp³-hybridized carbons (Fsp3) is 0.233. The van der Waals surface area contributed by atoms with Crippen molar-refractivity contribution in [1.29, 1.82) is 0 Å². The van der Waals surface area contributed by atoms with Gasteiger partial charge < -0.3 is 20.6 Å². The van der Waals surface area contributed by atoms with E-state index in [1.807, 2.05) is 47.8 Å². The van der Waals surface area contributed by atoms with E-state index in [4.69, 9.17) is 4.74 Å². The van der Waals surface area contributed by atoms with E-state index in [0.29, 0.717) is 32.4 Å². The summed E-state index contributed by atoms with van der Waals surface area (Å²) >= 11 is 2.70. The van der Waals surface area contributed by atoms with Crippen LogP contribution in [0.4, 0.5) is 9.93 Å². The van der Waals surface area contributed by atoms with Crippen LogP contribution in [-0.4, -0.2) is 45.6 Å². The first-order chi connectivity index (χ1) is 20.4. The summed E-state index contributed by atoms with van der Waals surface area (Å²) in [6.07, 6.45) is 4.15. The van der Waals surface area contributed by atoms with Crippen molar-refractivity contribution in [2.75, 3.05) is 11.1 Å². The summed E-state index contributed by atoms with van der Waals surface area (Å²) in [6, 6.07) is 19.2. The molecule has 2 atom stereocenters. The number of nitrogens with zero attached hydrogens (tertiary/aromatic N) is 3. The molecule has 10 nitrogen and oxygen atoms in total. The van der Waals surface area contributed by atoms with E-state index in [1.54, 1.807) is 24.3 Å². The highest BCUT2D eigenvalue weighted by atomic mass is 32.2. The van der Waals surface area contributed by atoms with Crippen LogP contribution in [0.3, 0.4) is 0 Å². The molecule has 1 saturated carbocycles. The van der Waals surface area contributed by atoms with Crippen molar-refractivity contribution in [3.8, 4) is 11.3 Å². The fourth-order valence-corrected chi connectivity index (χ4v) is 6.65. The minimum Gasteiger partial charge on any atom is -0.619 e. The average molecular weight is 602 g/mol. The summed E-state index contributed by atoms with van der Waals surface area (Å²) in [5.74, 6) is -0.131. The number of thioether (sulfide) groups is 1. The lowest BCUT2D eigenvalue weighted by Gasteiger charge is -2.27. The minimum absolute atomic E-state index is 0.0636. The molecular weight excluding hydrogens is 574 g/mol. The second-order valence-electron chi connectivity index (χ2n) is 9.99. The van der Waals surface area contributed by atoms with E-state index in [9.17, 15) is 19.6 Å². The Bertz CT molecular complexity index is 1580. The molecule has 2 N–H and O–H groups in total. The smallest absolute Gasteiger partial charge is 0.412 e. The van der Waals surface area contributed by atoms with E-state index in [0.717, 1.165) is 24.0 Å². The van der Waals surface area contributed by atoms with Crippen LogP contribution in [0.25, 0.3) is 11.3 Å². The number of thiazole rings is 1. The van der Waals surface area contributed by atoms with Gasteiger partial charge >= 0.3 is 6.09 Å². The van der Waals surface area contributed by atoms with Gasteiger partial charge in [0, 0.05) is 40.4 Å². The maximum atomic E-state index is 13.5. The molecule has 214 valence electrons. The van der Waals surface area contributed by atoms with Gasteiger partial charge in [0.15, 0.2) is 17.5 Å². The number of nitrogens with one attached hydrogen (secondary N) is 2. The molecule has 1 unspecified atom stereocenters. The zero-order chi connectivity index (χ0) is 29.1. The summed E-state index contributed by atoms with van der Waals surface area (Å²) in [5.41, 5.74) is 3.61. The molecule has 6 rings (SSSR count). The van der Waals surface area contributed by atoms with Gasteiger partial charge in [-0.2, -0.15) is 4.73 Å². The molecule has 0 radical (unpaired) electrons. The van der Waals surface area contributed by atoms with E-state index in [1.165, 1.54) is 40.4 Å². The number of pyridine rings is 1. The Morgan fingerprint density at radius 2 is 1.76 bits per heavy atom. The van der Waals surface area contributed by atoms with Gasteiger partial charge in [-0.25, -0.2) is 9.78 Å². The van der Waals surface area contributed by atoms with E-state index in [2.05, 4.69) is 15.6 Å². The number of rotatable bonds is 8. The molecule has 42 heavy (non-hydrogen) atoms. The normalized spacial score (nSPS) is 18.0. The van der Waals surface area contributed by atoms with Crippen LogP contribution in [0.2, 0.25) is 0 Å². The van der Waals surface area contributed by atoms with Crippen molar-refractivity contribution in [2.24, 2.45) is 0 Å². The quantitative estimate of drug-likeness (QED) is 0.221. The summed E-state index contributed by atoms with van der Waals surface area (Å²) in [7, 11) is 0. The van der Waals surface area contributed by atoms with E-state index < -0.39 is 17.5 Å². The summed E-state index contributed by atoms with van der Waals surface area (Å²) in [5, 5.41) is 19.1. The second kappa shape index (κ2) is 12.2. The van der Waals surface area contributed by atoms with E-state index in [-0.39, 0.29) is 24.5 Å². The number of ether oxygens (including phenoxy) is 1. The van der Waals surface area contributed by atoms with Gasteiger partial charge in [-0.3, -0.25) is 14.5 Å². The monoisotopic (exact) mass is 601 g/mol. The first-order valence-corrected chi connectivity index (χ1v) is 15.3. The van der Waals surface area contributed by atoms with Crippen LogP contribution < -0.4 is 15.4 Å². The molecule has 2 aliphatic rings. The maximum absolute atomic E-state index is 13.5. The number of aromatic nitrogens is 2. The molecule has 4 aromatic rings. The predicted molar refractivity (Wildman–Crippen MR) is 160 cm³/mol. The molecule has 12 heteroatoms. The van der Waals surface area contributed by atoms with Gasteiger partial charge in [0.05, 0.1) is 5.69 Å². The molecule has 1 saturated heterocycles. The van der Waals surface area contributed by atoms with Crippen molar-refractivity contribution >= 4 is 46.1 Å². The molecule has 1 aliphatic heterocycles. The molecule has 2 aromatic heterocycles. The van der Waals surface area contributed by atoms with Crippen LogP contribution >= 0.6 is 23.1 Å². The summed E-state index contributed by atoms with van der Waals surface area (Å²) < 4.78 is 6.28. The Kier molecular flexibility index (Phi) is 8.06. The van der Waals surface area contributed by atoms with Crippen molar-refractivity contribution in [1.82, 2.24) is 15.2 Å². The standard InChI is InChI=1S/C30H27N5O5S2/c36-26(31-23-10-11-23)21-8-6-20(7-9-21)24-17-42-29(32-24)33-27(37)25-18-41-28(22-12-14-34(39)15-13-22)35(25)30(38)40-16-19-4-2-1-3-5-19/h1-9,12-15,17,23,25,28H,10-11,16,18H2,(H,31,36)(H,32,33,37)/t25?,28-/m1/s1. The Labute approximate surface area is 250 Å². The molecule has 0 bridgehead atoms. The topological polar surface area (TPSA) is 128 Å². The van der Waals surface area contributed by atoms with Crippen molar-refractivity contribution in [2.45, 2.75) is 36.9 Å². The zero-order valence-corrected chi connectivity index (χ0v) is 24.0. The first-order valence-electron chi connectivity index (χ1n) is 13.4. The molecule has 3 amide bonds. The first kappa shape index (κ1) is 27.7. The molecule has 2 fully saturated rings. The Balaban J connectivity index is 1.15. The third-order valence-corrected chi connectivity index (χ3v) is 9.00. The lowest BCUT2D eigenvalue weighted by atomic mass is 10.1. The number of amides is 3. The minimum atomic E-state index is -0.820. The lowest BCUT2D eigenvalue weighted by molar-refractivity contribution is -0.605. The number of hydrogen-bond acceptors (Lipinski definition) is 8. The van der Waals surface area contributed by atoms with Crippen molar-refractivity contribution in [3.05, 3.63) is 106 Å². The largest absolute Gasteiger partial charge is 0.619 e. The highest BCUT2D eigenvalue weighted by molar-refractivity contribution is 7.99. The Morgan fingerprint density at radius 3 is 2.48 bits per heavy atom. The van der Waals surface area contributed by atoms with Gasteiger partial charge in [-0.15, -0.1) is 23.1 Å². The zero-order valence-electron chi connectivity index (χ0n) is 22.3. The van der Waals surface area contributed by atoms with Crippen LogP contribution in [0.15, 0.2) is 84.5 Å². The van der Waals surface area contributed by atoms with Crippen molar-refractivity contribution < 1.29 is 23.9 Å². The number of benzene rings is 2. The molecular formula is C30H27N5O5S2. The van der Waals surface area contributed by atoms with Gasteiger partial charge in [0.1, 0.15) is 18.0 Å². The van der Waals surface area contributed by atoms with Crippen molar-refractivity contribution in [3.63, 3.8) is 0 Å². The highest BCUT2D eigenvalue weighted by Gasteiger charge is 2.43. The van der Waals surface area contributed by atoms with Gasteiger partial charge in [0.25, 0.3) is 5.91 Å². The number of anilines is 1. The number of carbonyl (C=O) groups is 3. The second-order valence-corrected chi connectivity index (χ2v) is 12.0. The van der Waals surface area contributed by atoms with Crippen LogP contribution in [-0.2, 0) is 16.1 Å². The third kappa shape index (κ3) is 6.39. The third-order valence-electron chi connectivity index (χ3n) is 6.92. The van der Waals surface area contributed by atoms with Gasteiger partial charge in [0.2, 0.25) is 5.91 Å². The lowest BCUT2D eigenvalue weighted by Crippen LogP contribution is -2.45. The number of hydrogen-bond donors (Lipinski definition) is 2. The molecule has 1 aliphatic carbocycles. The SMILES string of the molecule is O=C(NC1CC1)c1ccc(-c2csc(NC(=O)C3CS[C@H](c4cc[n+]([O-])cc4)N3C(=O)OCc3ccccc3)n2)cc1. The molecule has 3 heterocycles. The van der Waals surface area contributed by atoms with Crippen LogP contribution in [0.1, 0.15) is 39.7 Å². The maximum Gasteiger partial charge on any atom is 0.412 e. The molecule has 0 spiro atoms. The van der Waals surface area contributed by atoms with Crippen LogP contribution in [0, 0.1) is 5.21 Å². The average Bonchev–Trinajstić information content (AvgIpc) is 3.51.